The zero-order valence-electron chi connectivity index (χ0n) is 17.6. The molecule has 3 aromatic carbocycles. The van der Waals surface area contributed by atoms with Gasteiger partial charge in [-0.2, -0.15) is 0 Å². The molecule has 159 valence electrons. The topological polar surface area (TPSA) is 74.6 Å². The molecule has 5 heteroatoms. The Kier molecular flexibility index (Phi) is 10.6. The van der Waals surface area contributed by atoms with E-state index < -0.39 is 31.7 Å². The summed E-state index contributed by atoms with van der Waals surface area (Å²) in [5.74, 6) is -2.45. The molecule has 0 saturated heterocycles. The number of hydrogen-bond acceptors (Lipinski definition) is 2. The zero-order valence-corrected chi connectivity index (χ0v) is 20.4. The van der Waals surface area contributed by atoms with Gasteiger partial charge in [0.05, 0.1) is 0 Å². The van der Waals surface area contributed by atoms with Crippen LogP contribution in [0.1, 0.15) is 23.6 Å². The number of aliphatic carboxylic acids is 2. The van der Waals surface area contributed by atoms with Crippen molar-refractivity contribution in [3.63, 3.8) is 0 Å². The molecule has 0 spiro atoms. The summed E-state index contributed by atoms with van der Waals surface area (Å²) in [6.07, 6.45) is 0.641. The van der Waals surface area contributed by atoms with Crippen LogP contribution >= 0.6 is 0 Å². The second kappa shape index (κ2) is 13.4. The van der Waals surface area contributed by atoms with E-state index in [2.05, 4.69) is 91.0 Å². The molecule has 0 aliphatic heterocycles. The molecule has 1 radical (unpaired) electrons. The van der Waals surface area contributed by atoms with Crippen LogP contribution in [0.5, 0.6) is 0 Å². The molecule has 31 heavy (non-hydrogen) atoms. The van der Waals surface area contributed by atoms with Crippen molar-refractivity contribution in [3.8, 4) is 0 Å². The predicted octanol–water partition coefficient (Wildman–Crippen LogP) is 4.93. The Balaban J connectivity index is 0.000000323. The van der Waals surface area contributed by atoms with Crippen molar-refractivity contribution in [2.45, 2.75) is 20.2 Å². The monoisotopic (exact) mass is 523 g/mol. The Labute approximate surface area is 190 Å². The third kappa shape index (κ3) is 10.1. The molecule has 4 nitrogen and oxygen atoms in total. The molecule has 2 N–H and O–H groups in total. The molecule has 0 bridgehead atoms. The summed E-state index contributed by atoms with van der Waals surface area (Å²) < 4.78 is 3.98. The van der Waals surface area contributed by atoms with Crippen LogP contribution in [-0.2, 0) is 22.9 Å². The molecular weight excluding hydrogens is 495 g/mol. The van der Waals surface area contributed by atoms with Crippen molar-refractivity contribution >= 4 is 31.7 Å². The summed E-state index contributed by atoms with van der Waals surface area (Å²) in [6.45, 7) is 1.22. The SMILES string of the molecule is CC(=CC(=O)O)C(=O)O.c1ccc([CH2][Sn]([CH2]c2ccccc2)[CH2]c2ccccc2)cc1. The maximum absolute atomic E-state index is 9.90. The fourth-order valence-corrected chi connectivity index (χ4v) is 11.1. The Morgan fingerprint density at radius 1 is 0.677 bits per heavy atom. The first-order chi connectivity index (χ1) is 14.9. The molecule has 0 aromatic heterocycles. The molecule has 0 unspecified atom stereocenters. The van der Waals surface area contributed by atoms with Crippen LogP contribution in [0.2, 0.25) is 0 Å². The van der Waals surface area contributed by atoms with Crippen LogP contribution in [0, 0.1) is 0 Å². The van der Waals surface area contributed by atoms with Crippen LogP contribution in [0.4, 0.5) is 0 Å². The van der Waals surface area contributed by atoms with Crippen molar-refractivity contribution in [1.29, 1.82) is 0 Å². The van der Waals surface area contributed by atoms with E-state index in [1.807, 2.05) is 0 Å². The summed E-state index contributed by atoms with van der Waals surface area (Å²) in [7, 11) is 0. The average Bonchev–Trinajstić information content (AvgIpc) is 2.76. The molecule has 0 heterocycles. The van der Waals surface area contributed by atoms with Crippen LogP contribution in [0.3, 0.4) is 0 Å². The molecule has 0 amide bonds. The van der Waals surface area contributed by atoms with E-state index in [-0.39, 0.29) is 5.57 Å². The molecular formula is C26H27O4Sn. The fraction of sp³-hybridized carbons (Fsp3) is 0.154. The van der Waals surface area contributed by atoms with Gasteiger partial charge in [-0.1, -0.05) is 0 Å². The normalized spacial score (nSPS) is 10.8. The molecule has 0 aliphatic rings. The van der Waals surface area contributed by atoms with Gasteiger partial charge in [0.15, 0.2) is 0 Å². The third-order valence-corrected chi connectivity index (χ3v) is 12.3. The van der Waals surface area contributed by atoms with Crippen molar-refractivity contribution in [2.75, 3.05) is 0 Å². The van der Waals surface area contributed by atoms with Gasteiger partial charge in [0.2, 0.25) is 0 Å². The molecule has 0 atom stereocenters. The minimum atomic E-state index is -1.56. The summed E-state index contributed by atoms with van der Waals surface area (Å²) in [6, 6.07) is 33.1. The van der Waals surface area contributed by atoms with E-state index in [0.29, 0.717) is 6.08 Å². The zero-order chi connectivity index (χ0) is 22.5. The van der Waals surface area contributed by atoms with Crippen LogP contribution in [0.15, 0.2) is 103 Å². The number of carboxylic acids is 2. The molecule has 0 fully saturated rings. The first-order valence-corrected chi connectivity index (χ1v) is 16.1. The van der Waals surface area contributed by atoms with Crippen molar-refractivity contribution in [1.82, 2.24) is 0 Å². The Morgan fingerprint density at radius 2 is 1.00 bits per heavy atom. The van der Waals surface area contributed by atoms with Gasteiger partial charge in [0.1, 0.15) is 0 Å². The number of carboxylic acid groups (broad SMARTS) is 2. The Bertz CT molecular complexity index is 871. The fourth-order valence-electron chi connectivity index (χ4n) is 3.09. The van der Waals surface area contributed by atoms with Gasteiger partial charge in [0.25, 0.3) is 0 Å². The van der Waals surface area contributed by atoms with Gasteiger partial charge in [-0.25, -0.2) is 9.59 Å². The number of hydrogen-bond donors (Lipinski definition) is 2. The summed E-state index contributed by atoms with van der Waals surface area (Å²) in [5.41, 5.74) is 4.37. The van der Waals surface area contributed by atoms with Gasteiger partial charge in [-0.3, -0.25) is 0 Å². The Morgan fingerprint density at radius 3 is 1.23 bits per heavy atom. The first-order valence-electron chi connectivity index (χ1n) is 10.0. The van der Waals surface area contributed by atoms with E-state index in [1.165, 1.54) is 36.9 Å². The molecule has 0 saturated carbocycles. The van der Waals surface area contributed by atoms with Crippen LogP contribution in [-0.4, -0.2) is 41.9 Å². The van der Waals surface area contributed by atoms with Gasteiger partial charge in [0, 0.05) is 11.6 Å². The number of benzene rings is 3. The first kappa shape index (κ1) is 24.4. The van der Waals surface area contributed by atoms with Crippen LogP contribution in [0.25, 0.3) is 0 Å². The van der Waals surface area contributed by atoms with E-state index in [1.54, 1.807) is 0 Å². The molecule has 3 aromatic rings. The summed E-state index contributed by atoms with van der Waals surface area (Å²) in [5, 5.41) is 16.1. The van der Waals surface area contributed by atoms with Crippen molar-refractivity contribution in [2.24, 2.45) is 0 Å². The third-order valence-electron chi connectivity index (χ3n) is 4.57. The predicted molar refractivity (Wildman–Crippen MR) is 125 cm³/mol. The Hall–Kier alpha value is -2.86. The standard InChI is InChI=1S/3C7H7.C5H6O4.Sn/c3*1-7-5-3-2-4-6-7;1-3(5(8)9)2-4(6)7;/h3*2-6H,1H2;2H,1H3,(H,6,7)(H,8,9);. The quantitative estimate of drug-likeness (QED) is 0.325. The maximum atomic E-state index is 9.90. The van der Waals surface area contributed by atoms with Crippen molar-refractivity contribution < 1.29 is 19.8 Å². The van der Waals surface area contributed by atoms with Gasteiger partial charge in [-0.05, 0) is 6.92 Å². The molecule has 0 aliphatic carbocycles. The molecule has 3 rings (SSSR count). The van der Waals surface area contributed by atoms with E-state index >= 15 is 0 Å². The summed E-state index contributed by atoms with van der Waals surface area (Å²) in [4.78, 5) is 19.7. The summed E-state index contributed by atoms with van der Waals surface area (Å²) >= 11 is -1.56. The van der Waals surface area contributed by atoms with Gasteiger partial charge >= 0.3 is 153 Å². The van der Waals surface area contributed by atoms with Crippen molar-refractivity contribution in [3.05, 3.63) is 119 Å². The van der Waals surface area contributed by atoms with E-state index in [0.717, 1.165) is 0 Å². The number of carbonyl (C=O) groups is 2. The second-order valence-electron chi connectivity index (χ2n) is 7.21. The van der Waals surface area contributed by atoms with E-state index in [4.69, 9.17) is 10.2 Å². The van der Waals surface area contributed by atoms with E-state index in [9.17, 15) is 9.59 Å². The van der Waals surface area contributed by atoms with Gasteiger partial charge < -0.3 is 10.2 Å². The average molecular weight is 522 g/mol. The van der Waals surface area contributed by atoms with Gasteiger partial charge in [-0.15, -0.1) is 0 Å². The number of rotatable bonds is 8. The van der Waals surface area contributed by atoms with Crippen LogP contribution < -0.4 is 0 Å². The second-order valence-corrected chi connectivity index (χ2v) is 14.5. The minimum absolute atomic E-state index is 0.178.